The van der Waals surface area contributed by atoms with E-state index in [4.69, 9.17) is 4.74 Å². The summed E-state index contributed by atoms with van der Waals surface area (Å²) >= 11 is 0. The maximum Gasteiger partial charge on any atom is 0.119 e. The monoisotopic (exact) mass is 233 g/mol. The Kier molecular flexibility index (Phi) is 4.06. The average molecular weight is 233 g/mol. The molecular weight excluding hydrogens is 210 g/mol. The van der Waals surface area contributed by atoms with Crippen molar-refractivity contribution in [3.05, 3.63) is 29.8 Å². The second-order valence-corrected chi connectivity index (χ2v) is 5.18. The normalized spacial score (nSPS) is 25.8. The van der Waals surface area contributed by atoms with E-state index in [1.165, 1.54) is 24.8 Å². The lowest BCUT2D eigenvalue weighted by molar-refractivity contribution is 0.385. The molecule has 1 fully saturated rings. The van der Waals surface area contributed by atoms with Crippen LogP contribution < -0.4 is 10.1 Å². The molecule has 1 aliphatic rings. The third-order valence-corrected chi connectivity index (χ3v) is 3.92. The Labute approximate surface area is 104 Å². The summed E-state index contributed by atoms with van der Waals surface area (Å²) in [7, 11) is 1.72. The highest BCUT2D eigenvalue weighted by molar-refractivity contribution is 5.30. The van der Waals surface area contributed by atoms with Gasteiger partial charge in [0.1, 0.15) is 5.75 Å². The molecular formula is C15H23NO. The molecule has 17 heavy (non-hydrogen) atoms. The van der Waals surface area contributed by atoms with Crippen LogP contribution in [0.4, 0.5) is 0 Å². The molecule has 2 heteroatoms. The lowest BCUT2D eigenvalue weighted by Gasteiger charge is -2.23. The fourth-order valence-electron chi connectivity index (χ4n) is 2.72. The van der Waals surface area contributed by atoms with Crippen molar-refractivity contribution in [3.63, 3.8) is 0 Å². The number of hydrogen-bond acceptors (Lipinski definition) is 2. The number of benzene rings is 1. The molecule has 0 heterocycles. The van der Waals surface area contributed by atoms with Crippen LogP contribution in [0.25, 0.3) is 0 Å². The van der Waals surface area contributed by atoms with E-state index in [-0.39, 0.29) is 0 Å². The highest BCUT2D eigenvalue weighted by Gasteiger charge is 2.24. The van der Waals surface area contributed by atoms with Crippen LogP contribution in [0.5, 0.6) is 5.75 Å². The van der Waals surface area contributed by atoms with Gasteiger partial charge in [-0.05, 0) is 43.4 Å². The Bertz CT molecular complexity index is 364. The predicted octanol–water partition coefficient (Wildman–Crippen LogP) is 3.53. The maximum atomic E-state index is 5.27. The van der Waals surface area contributed by atoms with E-state index < -0.39 is 0 Å². The molecule has 3 atom stereocenters. The van der Waals surface area contributed by atoms with Crippen molar-refractivity contribution in [2.45, 2.75) is 45.2 Å². The van der Waals surface area contributed by atoms with Crippen LogP contribution in [0.3, 0.4) is 0 Å². The molecule has 0 saturated heterocycles. The molecule has 2 unspecified atom stereocenters. The Morgan fingerprint density at radius 2 is 2.18 bits per heavy atom. The van der Waals surface area contributed by atoms with Crippen molar-refractivity contribution < 1.29 is 4.74 Å². The summed E-state index contributed by atoms with van der Waals surface area (Å²) in [6, 6.07) is 9.42. The number of methoxy groups -OCH3 is 1. The minimum Gasteiger partial charge on any atom is -0.497 e. The van der Waals surface area contributed by atoms with Gasteiger partial charge < -0.3 is 10.1 Å². The summed E-state index contributed by atoms with van der Waals surface area (Å²) in [4.78, 5) is 0. The van der Waals surface area contributed by atoms with Gasteiger partial charge >= 0.3 is 0 Å². The quantitative estimate of drug-likeness (QED) is 0.859. The molecule has 0 radical (unpaired) electrons. The smallest absolute Gasteiger partial charge is 0.119 e. The predicted molar refractivity (Wildman–Crippen MR) is 71.3 cm³/mol. The van der Waals surface area contributed by atoms with Crippen LogP contribution in [0.1, 0.15) is 44.7 Å². The van der Waals surface area contributed by atoms with Gasteiger partial charge in [0.05, 0.1) is 7.11 Å². The van der Waals surface area contributed by atoms with E-state index in [0.29, 0.717) is 12.1 Å². The summed E-state index contributed by atoms with van der Waals surface area (Å²) in [6.07, 6.45) is 4.04. The molecule has 0 aromatic heterocycles. The zero-order valence-corrected chi connectivity index (χ0v) is 11.1. The molecule has 0 bridgehead atoms. The third-order valence-electron chi connectivity index (χ3n) is 3.92. The fourth-order valence-corrected chi connectivity index (χ4v) is 2.72. The largest absolute Gasteiger partial charge is 0.497 e. The van der Waals surface area contributed by atoms with Gasteiger partial charge in [0, 0.05) is 12.1 Å². The van der Waals surface area contributed by atoms with E-state index in [0.717, 1.165) is 11.7 Å². The lowest BCUT2D eigenvalue weighted by Crippen LogP contribution is -2.33. The van der Waals surface area contributed by atoms with Crippen molar-refractivity contribution in [2.24, 2.45) is 5.92 Å². The standard InChI is InChI=1S/C15H23NO/c1-11-6-4-9-15(11)16-12(2)13-7-5-8-14(10-13)17-3/h5,7-8,10-12,15-16H,4,6,9H2,1-3H3/t11?,12-,15?/m0/s1. The molecule has 1 N–H and O–H groups in total. The fraction of sp³-hybridized carbons (Fsp3) is 0.600. The Morgan fingerprint density at radius 3 is 2.82 bits per heavy atom. The van der Waals surface area contributed by atoms with Crippen molar-refractivity contribution in [1.29, 1.82) is 0 Å². The first-order valence-electron chi connectivity index (χ1n) is 6.60. The lowest BCUT2D eigenvalue weighted by atomic mass is 10.0. The summed E-state index contributed by atoms with van der Waals surface area (Å²) in [5.41, 5.74) is 1.31. The summed E-state index contributed by atoms with van der Waals surface area (Å²) in [5.74, 6) is 1.75. The second-order valence-electron chi connectivity index (χ2n) is 5.18. The van der Waals surface area contributed by atoms with Crippen LogP contribution in [0, 0.1) is 5.92 Å². The minimum atomic E-state index is 0.399. The molecule has 2 nitrogen and oxygen atoms in total. The van der Waals surface area contributed by atoms with E-state index in [1.807, 2.05) is 6.07 Å². The van der Waals surface area contributed by atoms with Crippen molar-refractivity contribution in [2.75, 3.05) is 7.11 Å². The van der Waals surface area contributed by atoms with E-state index in [1.54, 1.807) is 7.11 Å². The van der Waals surface area contributed by atoms with Gasteiger partial charge in [-0.3, -0.25) is 0 Å². The molecule has 0 aliphatic heterocycles. The summed E-state index contributed by atoms with van der Waals surface area (Å²) in [5, 5.41) is 3.74. The Balaban J connectivity index is 2.00. The first-order chi connectivity index (χ1) is 8.20. The van der Waals surface area contributed by atoms with E-state index in [9.17, 15) is 0 Å². The number of rotatable bonds is 4. The second kappa shape index (κ2) is 5.54. The number of ether oxygens (including phenoxy) is 1. The molecule has 1 saturated carbocycles. The Morgan fingerprint density at radius 1 is 1.35 bits per heavy atom. The third kappa shape index (κ3) is 3.01. The van der Waals surface area contributed by atoms with Crippen LogP contribution in [-0.4, -0.2) is 13.2 Å². The number of hydrogen-bond donors (Lipinski definition) is 1. The highest BCUT2D eigenvalue weighted by Crippen LogP contribution is 2.28. The zero-order valence-electron chi connectivity index (χ0n) is 11.1. The summed E-state index contributed by atoms with van der Waals surface area (Å²) in [6.45, 7) is 4.59. The number of nitrogens with one attached hydrogen (secondary N) is 1. The van der Waals surface area contributed by atoms with Gasteiger partial charge in [0.15, 0.2) is 0 Å². The van der Waals surface area contributed by atoms with Crippen LogP contribution >= 0.6 is 0 Å². The molecule has 1 aromatic carbocycles. The van der Waals surface area contributed by atoms with Crippen molar-refractivity contribution >= 4 is 0 Å². The first-order valence-corrected chi connectivity index (χ1v) is 6.60. The van der Waals surface area contributed by atoms with Gasteiger partial charge in [-0.2, -0.15) is 0 Å². The van der Waals surface area contributed by atoms with Crippen LogP contribution in [-0.2, 0) is 0 Å². The topological polar surface area (TPSA) is 21.3 Å². The van der Waals surface area contributed by atoms with Gasteiger partial charge in [-0.1, -0.05) is 25.5 Å². The van der Waals surface area contributed by atoms with Gasteiger partial charge in [0.25, 0.3) is 0 Å². The van der Waals surface area contributed by atoms with Crippen LogP contribution in [0.2, 0.25) is 0 Å². The SMILES string of the molecule is COc1cccc([C@H](C)NC2CCCC2C)c1. The summed E-state index contributed by atoms with van der Waals surface area (Å²) < 4.78 is 5.27. The van der Waals surface area contributed by atoms with Crippen molar-refractivity contribution in [3.8, 4) is 5.75 Å². The van der Waals surface area contributed by atoms with E-state index >= 15 is 0 Å². The average Bonchev–Trinajstić information content (AvgIpc) is 2.75. The Hall–Kier alpha value is -1.02. The molecule has 94 valence electrons. The van der Waals surface area contributed by atoms with Gasteiger partial charge in [0.2, 0.25) is 0 Å². The van der Waals surface area contributed by atoms with Gasteiger partial charge in [-0.15, -0.1) is 0 Å². The zero-order chi connectivity index (χ0) is 12.3. The van der Waals surface area contributed by atoms with Gasteiger partial charge in [-0.25, -0.2) is 0 Å². The first kappa shape index (κ1) is 12.4. The molecule has 0 spiro atoms. The minimum absolute atomic E-state index is 0.399. The van der Waals surface area contributed by atoms with Crippen LogP contribution in [0.15, 0.2) is 24.3 Å². The maximum absolute atomic E-state index is 5.27. The van der Waals surface area contributed by atoms with Crippen molar-refractivity contribution in [1.82, 2.24) is 5.32 Å². The van der Waals surface area contributed by atoms with E-state index in [2.05, 4.69) is 37.4 Å². The molecule has 1 aliphatic carbocycles. The molecule has 2 rings (SSSR count). The molecule has 1 aromatic rings. The highest BCUT2D eigenvalue weighted by atomic mass is 16.5. The molecule has 0 amide bonds.